The van der Waals surface area contributed by atoms with Crippen molar-refractivity contribution in [2.45, 2.75) is 25.2 Å². The Hall–Kier alpha value is -2.35. The van der Waals surface area contributed by atoms with E-state index in [2.05, 4.69) is 42.2 Å². The molecule has 0 radical (unpaired) electrons. The van der Waals surface area contributed by atoms with E-state index in [0.29, 0.717) is 0 Å². The third-order valence-corrected chi connectivity index (χ3v) is 4.59. The van der Waals surface area contributed by atoms with E-state index >= 15 is 0 Å². The second-order valence-electron chi connectivity index (χ2n) is 6.03. The van der Waals surface area contributed by atoms with Gasteiger partial charge in [0, 0.05) is 22.7 Å². The largest absolute Gasteiger partial charge is 0.360 e. The average Bonchev–Trinajstić information content (AvgIpc) is 3.22. The van der Waals surface area contributed by atoms with Crippen molar-refractivity contribution in [2.24, 2.45) is 0 Å². The molecule has 2 heteroatoms. The highest BCUT2D eigenvalue weighted by atomic mass is 16.1. The first-order valence-corrected chi connectivity index (χ1v) is 7.39. The van der Waals surface area contributed by atoms with E-state index in [0.717, 1.165) is 34.9 Å². The molecule has 2 aromatic carbocycles. The molecule has 4 rings (SSSR count). The molecule has 0 bridgehead atoms. The van der Waals surface area contributed by atoms with Crippen molar-refractivity contribution in [3.63, 3.8) is 0 Å². The van der Waals surface area contributed by atoms with Crippen LogP contribution in [0.25, 0.3) is 10.9 Å². The lowest BCUT2D eigenvalue weighted by molar-refractivity contribution is 0.0948. The summed E-state index contributed by atoms with van der Waals surface area (Å²) in [5.41, 5.74) is 3.93. The normalized spacial score (nSPS) is 16.0. The predicted octanol–water partition coefficient (Wildman–Crippen LogP) is 4.39. The van der Waals surface area contributed by atoms with E-state index in [9.17, 15) is 4.79 Å². The van der Waals surface area contributed by atoms with Crippen molar-refractivity contribution < 1.29 is 4.79 Å². The molecule has 0 unspecified atom stereocenters. The van der Waals surface area contributed by atoms with Crippen LogP contribution in [0.2, 0.25) is 0 Å². The Morgan fingerprint density at radius 1 is 1.10 bits per heavy atom. The molecule has 1 aliphatic carbocycles. The fraction of sp³-hybridized carbons (Fsp3) is 0.211. The van der Waals surface area contributed by atoms with Gasteiger partial charge in [-0.1, -0.05) is 42.5 Å². The number of rotatable bonds is 3. The molecule has 1 heterocycles. The first-order chi connectivity index (χ1) is 10.2. The van der Waals surface area contributed by atoms with Gasteiger partial charge < -0.3 is 4.98 Å². The maximum Gasteiger partial charge on any atom is 0.175 e. The summed E-state index contributed by atoms with van der Waals surface area (Å²) in [5.74, 6) is 0.254. The van der Waals surface area contributed by atoms with Gasteiger partial charge >= 0.3 is 0 Å². The van der Waals surface area contributed by atoms with Gasteiger partial charge in [0.2, 0.25) is 0 Å². The maximum absolute atomic E-state index is 13.1. The topological polar surface area (TPSA) is 32.9 Å². The highest BCUT2D eigenvalue weighted by Gasteiger charge is 2.51. The van der Waals surface area contributed by atoms with E-state index in [4.69, 9.17) is 0 Å². The Bertz CT molecular complexity index is 825. The lowest BCUT2D eigenvalue weighted by Gasteiger charge is -2.14. The minimum absolute atomic E-state index is 0.254. The zero-order valence-corrected chi connectivity index (χ0v) is 12.0. The summed E-state index contributed by atoms with van der Waals surface area (Å²) in [5, 5.41) is 1.04. The Balaban J connectivity index is 1.81. The van der Waals surface area contributed by atoms with Crippen molar-refractivity contribution in [3.8, 4) is 0 Å². The van der Waals surface area contributed by atoms with Crippen molar-refractivity contribution in [1.82, 2.24) is 4.98 Å². The van der Waals surface area contributed by atoms with Crippen LogP contribution in [-0.4, -0.2) is 10.8 Å². The number of hydrogen-bond acceptors (Lipinski definition) is 1. The summed E-state index contributed by atoms with van der Waals surface area (Å²) in [4.78, 5) is 16.3. The number of nitrogens with one attached hydrogen (secondary N) is 1. The molecule has 1 aromatic heterocycles. The van der Waals surface area contributed by atoms with E-state index in [-0.39, 0.29) is 11.2 Å². The molecule has 1 saturated carbocycles. The van der Waals surface area contributed by atoms with Crippen LogP contribution >= 0.6 is 0 Å². The second-order valence-corrected chi connectivity index (χ2v) is 6.03. The predicted molar refractivity (Wildman–Crippen MR) is 84.7 cm³/mol. The Kier molecular flexibility index (Phi) is 2.55. The number of ketones is 1. The lowest BCUT2D eigenvalue weighted by Crippen LogP contribution is -2.20. The van der Waals surface area contributed by atoms with E-state index in [1.807, 2.05) is 24.4 Å². The van der Waals surface area contributed by atoms with Crippen molar-refractivity contribution in [3.05, 3.63) is 71.4 Å². The number of aromatic amines is 1. The van der Waals surface area contributed by atoms with Gasteiger partial charge in [0.25, 0.3) is 0 Å². The van der Waals surface area contributed by atoms with Crippen LogP contribution in [0.4, 0.5) is 0 Å². The molecule has 21 heavy (non-hydrogen) atoms. The average molecular weight is 275 g/mol. The van der Waals surface area contributed by atoms with Gasteiger partial charge in [-0.25, -0.2) is 0 Å². The number of aromatic nitrogens is 1. The molecule has 0 aliphatic heterocycles. The van der Waals surface area contributed by atoms with Crippen LogP contribution in [0, 0.1) is 6.92 Å². The summed E-state index contributed by atoms with van der Waals surface area (Å²) < 4.78 is 0. The van der Waals surface area contributed by atoms with Crippen LogP contribution < -0.4 is 0 Å². The maximum atomic E-state index is 13.1. The molecule has 2 nitrogen and oxygen atoms in total. The van der Waals surface area contributed by atoms with Crippen LogP contribution in [0.15, 0.2) is 54.7 Å². The number of H-pyrrole nitrogens is 1. The van der Waals surface area contributed by atoms with Crippen LogP contribution in [0.1, 0.15) is 34.3 Å². The molecule has 3 aromatic rings. The third kappa shape index (κ3) is 1.83. The monoisotopic (exact) mass is 275 g/mol. The molecule has 0 atom stereocenters. The fourth-order valence-electron chi connectivity index (χ4n) is 3.21. The molecule has 1 N–H and O–H groups in total. The van der Waals surface area contributed by atoms with Gasteiger partial charge in [0.1, 0.15) is 0 Å². The summed E-state index contributed by atoms with van der Waals surface area (Å²) in [6, 6.07) is 16.4. The number of aryl methyl sites for hydroxylation is 1. The summed E-state index contributed by atoms with van der Waals surface area (Å²) in [7, 11) is 0. The number of carbonyl (C=O) groups excluding carboxylic acids is 1. The van der Waals surface area contributed by atoms with Crippen molar-refractivity contribution in [2.75, 3.05) is 0 Å². The Labute approximate surface area is 123 Å². The zero-order chi connectivity index (χ0) is 14.4. The van der Waals surface area contributed by atoms with Gasteiger partial charge in [-0.15, -0.1) is 0 Å². The fourth-order valence-corrected chi connectivity index (χ4v) is 3.21. The van der Waals surface area contributed by atoms with Gasteiger partial charge in [-0.2, -0.15) is 0 Å². The van der Waals surface area contributed by atoms with Crippen LogP contribution in [-0.2, 0) is 5.41 Å². The highest BCUT2D eigenvalue weighted by Crippen LogP contribution is 2.51. The number of benzene rings is 2. The molecule has 1 aliphatic rings. The van der Waals surface area contributed by atoms with Gasteiger partial charge in [0.05, 0.1) is 5.41 Å². The molecular formula is C19H17NO. The highest BCUT2D eigenvalue weighted by molar-refractivity contribution is 6.14. The molecule has 104 valence electrons. The first kappa shape index (κ1) is 12.4. The van der Waals surface area contributed by atoms with Crippen LogP contribution in [0.5, 0.6) is 0 Å². The number of fused-ring (bicyclic) bond motifs is 1. The first-order valence-electron chi connectivity index (χ1n) is 7.39. The van der Waals surface area contributed by atoms with E-state index in [1.165, 1.54) is 5.56 Å². The van der Waals surface area contributed by atoms with Crippen molar-refractivity contribution >= 4 is 16.7 Å². The third-order valence-electron chi connectivity index (χ3n) is 4.59. The zero-order valence-electron chi connectivity index (χ0n) is 12.0. The Morgan fingerprint density at radius 3 is 2.57 bits per heavy atom. The number of Topliss-reactive ketones (excluding diaryl/α,β-unsaturated/α-hetero) is 1. The number of carbonyl (C=O) groups is 1. The quantitative estimate of drug-likeness (QED) is 0.706. The van der Waals surface area contributed by atoms with Crippen molar-refractivity contribution in [1.29, 1.82) is 0 Å². The minimum Gasteiger partial charge on any atom is -0.360 e. The summed E-state index contributed by atoms with van der Waals surface area (Å²) in [6.45, 7) is 2.06. The Morgan fingerprint density at radius 2 is 1.86 bits per heavy atom. The summed E-state index contributed by atoms with van der Waals surface area (Å²) >= 11 is 0. The van der Waals surface area contributed by atoms with Gasteiger partial charge in [-0.3, -0.25) is 4.79 Å². The van der Waals surface area contributed by atoms with E-state index < -0.39 is 0 Å². The molecule has 0 saturated heterocycles. The summed E-state index contributed by atoms with van der Waals surface area (Å²) in [6.07, 6.45) is 3.78. The molecular weight excluding hydrogens is 258 g/mol. The smallest absolute Gasteiger partial charge is 0.175 e. The van der Waals surface area contributed by atoms with Gasteiger partial charge in [0.15, 0.2) is 5.78 Å². The van der Waals surface area contributed by atoms with Crippen LogP contribution in [0.3, 0.4) is 0 Å². The molecule has 0 amide bonds. The number of hydrogen-bond donors (Lipinski definition) is 1. The molecule has 1 fully saturated rings. The second kappa shape index (κ2) is 4.32. The lowest BCUT2D eigenvalue weighted by atomic mass is 9.87. The standard InChI is InChI=1S/C19H17NO/c1-13-7-8-15-16(12-20-17(15)11-13)18(21)19(9-10-19)14-5-3-2-4-6-14/h2-8,11-12,20H,9-10H2,1H3. The minimum atomic E-state index is -0.290. The SMILES string of the molecule is Cc1ccc2c(C(=O)C3(c4ccccc4)CC3)c[nH]c2c1. The van der Waals surface area contributed by atoms with Gasteiger partial charge in [-0.05, 0) is 37.0 Å². The van der Waals surface area contributed by atoms with E-state index in [1.54, 1.807) is 0 Å². The molecule has 0 spiro atoms.